The van der Waals surface area contributed by atoms with Crippen LogP contribution in [0.2, 0.25) is 0 Å². The zero-order valence-corrected chi connectivity index (χ0v) is 17.7. The number of rotatable bonds is 4. The van der Waals surface area contributed by atoms with Crippen LogP contribution in [0.15, 0.2) is 71.4 Å². The lowest BCUT2D eigenvalue weighted by Gasteiger charge is -2.27. The Morgan fingerprint density at radius 1 is 1.12 bits per heavy atom. The maximum atomic E-state index is 12.9. The van der Waals surface area contributed by atoms with Crippen LogP contribution in [0.5, 0.6) is 0 Å². The van der Waals surface area contributed by atoms with Gasteiger partial charge in [-0.25, -0.2) is 13.1 Å². The van der Waals surface area contributed by atoms with Gasteiger partial charge in [0.1, 0.15) is 11.4 Å². The number of alkyl halides is 3. The van der Waals surface area contributed by atoms with Crippen molar-refractivity contribution >= 4 is 27.6 Å². The summed E-state index contributed by atoms with van der Waals surface area (Å²) in [6.07, 6.45) is -1.02. The van der Waals surface area contributed by atoms with Crippen molar-refractivity contribution in [1.82, 2.24) is 19.3 Å². The van der Waals surface area contributed by atoms with E-state index < -0.39 is 39.0 Å². The number of carbonyl (C=O) groups is 1. The molecule has 1 aromatic heterocycles. The molecule has 0 atom stereocenters. The average Bonchev–Trinajstić information content (AvgIpc) is 3.25. The number of halogens is 3. The molecule has 0 amide bonds. The van der Waals surface area contributed by atoms with Crippen molar-refractivity contribution in [3.05, 3.63) is 83.3 Å². The number of hydrogen-bond donors (Lipinski definition) is 1. The van der Waals surface area contributed by atoms with Crippen LogP contribution in [0.3, 0.4) is 0 Å². The fourth-order valence-electron chi connectivity index (χ4n) is 3.25. The first-order valence-corrected chi connectivity index (χ1v) is 10.8. The monoisotopic (exact) mass is 476 g/mol. The fourth-order valence-corrected chi connectivity index (χ4v) is 4.65. The molecular formula is C21H15F3N4O4S. The van der Waals surface area contributed by atoms with Gasteiger partial charge in [-0.1, -0.05) is 23.4 Å². The van der Waals surface area contributed by atoms with E-state index in [1.807, 2.05) is 0 Å². The summed E-state index contributed by atoms with van der Waals surface area (Å²) < 4.78 is 65.9. The van der Waals surface area contributed by atoms with Gasteiger partial charge in [0.15, 0.2) is 5.76 Å². The molecule has 2 heterocycles. The molecule has 1 aliphatic rings. The first-order chi connectivity index (χ1) is 15.5. The van der Waals surface area contributed by atoms with Gasteiger partial charge in [-0.2, -0.15) is 13.2 Å². The second kappa shape index (κ2) is 7.89. The molecule has 2 aromatic carbocycles. The number of likely N-dealkylation sites (N-methyl/N-ethyl adjacent to an activating group) is 1. The molecular weight excluding hydrogens is 461 g/mol. The number of carbonyl (C=O) groups excluding carboxylic acids is 1. The van der Waals surface area contributed by atoms with E-state index >= 15 is 0 Å². The third-order valence-corrected chi connectivity index (χ3v) is 6.72. The number of aliphatic hydroxyl groups is 1. The zero-order valence-electron chi connectivity index (χ0n) is 16.9. The summed E-state index contributed by atoms with van der Waals surface area (Å²) in [7, 11) is -2.90. The molecule has 0 unspecified atom stereocenters. The number of fused-ring (bicyclic) bond motifs is 1. The molecule has 0 fully saturated rings. The van der Waals surface area contributed by atoms with Gasteiger partial charge in [-0.15, -0.1) is 5.10 Å². The van der Waals surface area contributed by atoms with E-state index in [2.05, 4.69) is 10.3 Å². The maximum absolute atomic E-state index is 12.9. The highest BCUT2D eigenvalue weighted by atomic mass is 32.2. The van der Waals surface area contributed by atoms with E-state index in [4.69, 9.17) is 0 Å². The molecule has 1 N–H and O–H groups in total. The van der Waals surface area contributed by atoms with E-state index in [9.17, 15) is 31.5 Å². The highest BCUT2D eigenvalue weighted by molar-refractivity contribution is 7.89. The standard InChI is InChI=1S/C21H15F3N4O4S/c1-27-19(20(30)16-7-2-3-8-18(16)33(27,31)32)17(29)10-9-14-12-28(26-25-14)15-6-4-5-13(11-15)21(22,23)24/h2-12,30H,1H3/b10-9+. The second-order valence-electron chi connectivity index (χ2n) is 7.00. The Balaban J connectivity index is 1.63. The summed E-state index contributed by atoms with van der Waals surface area (Å²) in [4.78, 5) is 12.6. The summed E-state index contributed by atoms with van der Waals surface area (Å²) in [6, 6.07) is 10.2. The average molecular weight is 476 g/mol. The first-order valence-electron chi connectivity index (χ1n) is 9.34. The number of hydrogen-bond acceptors (Lipinski definition) is 6. The lowest BCUT2D eigenvalue weighted by Crippen LogP contribution is -2.34. The fraction of sp³-hybridized carbons (Fsp3) is 0.0952. The quantitative estimate of drug-likeness (QED) is 0.579. The Labute approximate surface area is 185 Å². The molecule has 3 aromatic rings. The van der Waals surface area contributed by atoms with E-state index in [1.54, 1.807) is 0 Å². The first kappa shape index (κ1) is 22.3. The SMILES string of the molecule is CN1C(C(=O)/C=C/c2cn(-c3cccc(C(F)(F)F)c3)nn2)=C(O)c2ccccc2S1(=O)=O. The highest BCUT2D eigenvalue weighted by Crippen LogP contribution is 2.35. The van der Waals surface area contributed by atoms with Gasteiger partial charge in [-0.3, -0.25) is 9.10 Å². The molecule has 8 nitrogen and oxygen atoms in total. The van der Waals surface area contributed by atoms with Gasteiger partial charge in [0, 0.05) is 12.6 Å². The number of benzene rings is 2. The zero-order chi connectivity index (χ0) is 24.0. The van der Waals surface area contributed by atoms with Crippen LogP contribution in [0.4, 0.5) is 13.2 Å². The summed E-state index contributed by atoms with van der Waals surface area (Å²) in [5, 5.41) is 18.1. The second-order valence-corrected chi connectivity index (χ2v) is 8.94. The number of aliphatic hydroxyl groups excluding tert-OH is 1. The maximum Gasteiger partial charge on any atom is 0.416 e. The minimum Gasteiger partial charge on any atom is -0.505 e. The summed E-state index contributed by atoms with van der Waals surface area (Å²) in [6.45, 7) is 0. The van der Waals surface area contributed by atoms with E-state index in [-0.39, 0.29) is 21.8 Å². The number of aromatic nitrogens is 3. The molecule has 0 aliphatic carbocycles. The molecule has 1 aliphatic heterocycles. The van der Waals surface area contributed by atoms with Crippen LogP contribution in [0, 0.1) is 0 Å². The van der Waals surface area contributed by atoms with E-state index in [0.29, 0.717) is 4.31 Å². The number of ketones is 1. The third kappa shape index (κ3) is 4.00. The van der Waals surface area contributed by atoms with Gasteiger partial charge in [0.25, 0.3) is 10.0 Å². The number of allylic oxidation sites excluding steroid dienone is 1. The summed E-state index contributed by atoms with van der Waals surface area (Å²) in [5.74, 6) is -1.31. The van der Waals surface area contributed by atoms with E-state index in [1.165, 1.54) is 48.7 Å². The molecule has 0 spiro atoms. The van der Waals surface area contributed by atoms with Crippen molar-refractivity contribution in [1.29, 1.82) is 0 Å². The van der Waals surface area contributed by atoms with Crippen molar-refractivity contribution in [2.45, 2.75) is 11.1 Å². The molecule has 0 radical (unpaired) electrons. The van der Waals surface area contributed by atoms with Gasteiger partial charge in [0.05, 0.1) is 22.3 Å². The van der Waals surface area contributed by atoms with Crippen LogP contribution in [0.1, 0.15) is 16.8 Å². The lowest BCUT2D eigenvalue weighted by atomic mass is 10.1. The Kier molecular flexibility index (Phi) is 5.32. The Morgan fingerprint density at radius 3 is 2.58 bits per heavy atom. The number of sulfonamides is 1. The van der Waals surface area contributed by atoms with Gasteiger partial charge in [0.2, 0.25) is 5.78 Å². The largest absolute Gasteiger partial charge is 0.505 e. The van der Waals surface area contributed by atoms with Crippen LogP contribution < -0.4 is 0 Å². The summed E-state index contributed by atoms with van der Waals surface area (Å²) >= 11 is 0. The lowest BCUT2D eigenvalue weighted by molar-refractivity contribution is -0.137. The van der Waals surface area contributed by atoms with Crippen LogP contribution in [-0.4, -0.2) is 45.7 Å². The van der Waals surface area contributed by atoms with Gasteiger partial charge in [-0.05, 0) is 42.5 Å². The van der Waals surface area contributed by atoms with Crippen LogP contribution in [-0.2, 0) is 21.0 Å². The van der Waals surface area contributed by atoms with Crippen molar-refractivity contribution in [2.75, 3.05) is 7.05 Å². The van der Waals surface area contributed by atoms with Gasteiger partial charge >= 0.3 is 6.18 Å². The third-order valence-electron chi connectivity index (χ3n) is 4.91. The predicted molar refractivity (Wildman–Crippen MR) is 111 cm³/mol. The number of nitrogens with zero attached hydrogens (tertiary/aromatic N) is 4. The Hall–Kier alpha value is -3.93. The molecule has 33 heavy (non-hydrogen) atoms. The Bertz CT molecular complexity index is 1430. The molecule has 0 saturated carbocycles. The van der Waals surface area contributed by atoms with Crippen molar-refractivity contribution in [3.63, 3.8) is 0 Å². The minimum absolute atomic E-state index is 0.00263. The van der Waals surface area contributed by atoms with Gasteiger partial charge < -0.3 is 5.11 Å². The van der Waals surface area contributed by atoms with Crippen LogP contribution in [0.25, 0.3) is 17.5 Å². The smallest absolute Gasteiger partial charge is 0.416 e. The molecule has 0 bridgehead atoms. The highest BCUT2D eigenvalue weighted by Gasteiger charge is 2.36. The van der Waals surface area contributed by atoms with E-state index in [0.717, 1.165) is 29.9 Å². The molecule has 170 valence electrons. The minimum atomic E-state index is -4.52. The van der Waals surface area contributed by atoms with Crippen molar-refractivity contribution in [2.24, 2.45) is 0 Å². The van der Waals surface area contributed by atoms with Crippen molar-refractivity contribution < 1.29 is 31.5 Å². The normalized spacial score (nSPS) is 15.7. The molecule has 4 rings (SSSR count). The Morgan fingerprint density at radius 2 is 1.85 bits per heavy atom. The van der Waals surface area contributed by atoms with Crippen molar-refractivity contribution in [3.8, 4) is 5.69 Å². The molecule has 12 heteroatoms. The summed E-state index contributed by atoms with van der Waals surface area (Å²) in [5.41, 5.74) is -1.06. The predicted octanol–water partition coefficient (Wildman–Crippen LogP) is 3.43. The van der Waals surface area contributed by atoms with Crippen LogP contribution >= 0.6 is 0 Å². The topological polar surface area (TPSA) is 105 Å². The molecule has 0 saturated heterocycles.